The zero-order valence-corrected chi connectivity index (χ0v) is 10.6. The summed E-state index contributed by atoms with van der Waals surface area (Å²) in [5.74, 6) is -0.769. The molecule has 1 aromatic carbocycles. The minimum atomic E-state index is -0.900. The number of methoxy groups -OCH3 is 1. The summed E-state index contributed by atoms with van der Waals surface area (Å²) in [6, 6.07) is 6.39. The second kappa shape index (κ2) is 6.86. The van der Waals surface area contributed by atoms with E-state index >= 15 is 0 Å². The van der Waals surface area contributed by atoms with Gasteiger partial charge in [0.15, 0.2) is 0 Å². The number of esters is 1. The molecule has 5 nitrogen and oxygen atoms in total. The molecule has 0 saturated carbocycles. The Balaban J connectivity index is 2.41. The van der Waals surface area contributed by atoms with Crippen LogP contribution in [-0.2, 0) is 20.7 Å². The van der Waals surface area contributed by atoms with E-state index in [1.807, 2.05) is 0 Å². The van der Waals surface area contributed by atoms with Crippen LogP contribution >= 0.6 is 11.6 Å². The highest BCUT2D eigenvalue weighted by Gasteiger charge is 2.16. The highest BCUT2D eigenvalue weighted by molar-refractivity contribution is 6.30. The smallest absolute Gasteiger partial charge is 0.325 e. The summed E-state index contributed by atoms with van der Waals surface area (Å²) >= 11 is 5.67. The van der Waals surface area contributed by atoms with Gasteiger partial charge in [0.05, 0.1) is 13.5 Å². The number of alkyl halides is 1. The fourth-order valence-electron chi connectivity index (χ4n) is 1.33. The molecule has 0 heterocycles. The number of aromatic hydroxyl groups is 1. The fourth-order valence-corrected chi connectivity index (χ4v) is 1.50. The third-order valence-electron chi connectivity index (χ3n) is 2.21. The number of amides is 1. The number of hydrogen-bond acceptors (Lipinski definition) is 4. The molecule has 0 aromatic heterocycles. The molecule has 2 N–H and O–H groups in total. The van der Waals surface area contributed by atoms with Gasteiger partial charge in [-0.15, -0.1) is 11.6 Å². The summed E-state index contributed by atoms with van der Waals surface area (Å²) in [6.45, 7) is 0.00583. The topological polar surface area (TPSA) is 75.6 Å². The number of ether oxygens (including phenoxy) is 1. The first-order chi connectivity index (χ1) is 8.52. The Bertz CT molecular complexity index is 436. The van der Waals surface area contributed by atoms with Crippen LogP contribution in [-0.4, -0.2) is 36.0 Å². The van der Waals surface area contributed by atoms with Crippen LogP contribution in [0.2, 0.25) is 0 Å². The lowest BCUT2D eigenvalue weighted by Crippen LogP contribution is -2.35. The first-order valence-electron chi connectivity index (χ1n) is 5.29. The second-order valence-corrected chi connectivity index (χ2v) is 4.17. The average Bonchev–Trinajstić information content (AvgIpc) is 2.35. The van der Waals surface area contributed by atoms with Crippen molar-refractivity contribution < 1.29 is 19.4 Å². The third kappa shape index (κ3) is 4.63. The molecule has 1 amide bonds. The lowest BCUT2D eigenvalue weighted by molar-refractivity contribution is -0.140. The van der Waals surface area contributed by atoms with Crippen molar-refractivity contribution in [2.45, 2.75) is 11.8 Å². The largest absolute Gasteiger partial charge is 0.508 e. The lowest BCUT2D eigenvalue weighted by Gasteiger charge is -2.09. The molecule has 1 rings (SSSR count). The summed E-state index contributed by atoms with van der Waals surface area (Å²) in [6.07, 6.45) is 0.110. The number of carbonyl (C=O) groups excluding carboxylic acids is 2. The van der Waals surface area contributed by atoms with Gasteiger partial charge in [-0.1, -0.05) is 12.1 Å². The van der Waals surface area contributed by atoms with E-state index < -0.39 is 11.3 Å². The van der Waals surface area contributed by atoms with Gasteiger partial charge in [-0.25, -0.2) is 0 Å². The molecule has 0 aliphatic heterocycles. The van der Waals surface area contributed by atoms with Gasteiger partial charge in [0.2, 0.25) is 5.91 Å². The third-order valence-corrected chi connectivity index (χ3v) is 2.54. The van der Waals surface area contributed by atoms with Crippen molar-refractivity contribution >= 4 is 23.5 Å². The van der Waals surface area contributed by atoms with E-state index in [0.717, 1.165) is 0 Å². The van der Waals surface area contributed by atoms with Gasteiger partial charge in [-0.05, 0) is 17.7 Å². The first-order valence-corrected chi connectivity index (χ1v) is 5.73. The number of benzene rings is 1. The van der Waals surface area contributed by atoms with E-state index in [9.17, 15) is 14.7 Å². The van der Waals surface area contributed by atoms with E-state index in [1.165, 1.54) is 19.2 Å². The minimum absolute atomic E-state index is 0.00583. The average molecular weight is 272 g/mol. The zero-order chi connectivity index (χ0) is 13.5. The van der Waals surface area contributed by atoms with Gasteiger partial charge in [0, 0.05) is 6.54 Å². The van der Waals surface area contributed by atoms with Crippen molar-refractivity contribution in [3.05, 3.63) is 29.8 Å². The minimum Gasteiger partial charge on any atom is -0.508 e. The Morgan fingerprint density at radius 1 is 1.50 bits per heavy atom. The molecular weight excluding hydrogens is 258 g/mol. The Morgan fingerprint density at radius 2 is 2.22 bits per heavy atom. The van der Waals surface area contributed by atoms with Crippen LogP contribution in [0.25, 0.3) is 0 Å². The van der Waals surface area contributed by atoms with Crippen molar-refractivity contribution in [1.29, 1.82) is 0 Å². The predicted octanol–water partition coefficient (Wildman–Crippen LogP) is 0.831. The molecule has 0 fully saturated rings. The number of halogens is 1. The van der Waals surface area contributed by atoms with Crippen molar-refractivity contribution in [2.24, 2.45) is 0 Å². The fraction of sp³-hybridized carbons (Fsp3) is 0.333. The van der Waals surface area contributed by atoms with Crippen LogP contribution in [0.3, 0.4) is 0 Å². The molecule has 1 unspecified atom stereocenters. The summed E-state index contributed by atoms with van der Waals surface area (Å²) in [5, 5.41) is 10.8. The number of hydrogen-bond donors (Lipinski definition) is 2. The van der Waals surface area contributed by atoms with E-state index in [4.69, 9.17) is 11.6 Å². The molecular formula is C12H14ClNO4. The maximum Gasteiger partial charge on any atom is 0.325 e. The Morgan fingerprint density at radius 3 is 2.83 bits per heavy atom. The molecule has 0 bridgehead atoms. The van der Waals surface area contributed by atoms with Crippen LogP contribution in [0.4, 0.5) is 0 Å². The van der Waals surface area contributed by atoms with Crippen molar-refractivity contribution in [1.82, 2.24) is 5.32 Å². The summed E-state index contributed by atoms with van der Waals surface area (Å²) < 4.78 is 4.42. The van der Waals surface area contributed by atoms with Crippen LogP contribution in [0, 0.1) is 0 Å². The molecule has 1 atom stereocenters. The van der Waals surface area contributed by atoms with Gasteiger partial charge in [0.25, 0.3) is 0 Å². The summed E-state index contributed by atoms with van der Waals surface area (Å²) in [5.41, 5.74) is 0.677. The van der Waals surface area contributed by atoms with Gasteiger partial charge in [0.1, 0.15) is 11.1 Å². The van der Waals surface area contributed by atoms with Gasteiger partial charge >= 0.3 is 5.97 Å². The Labute approximate surface area is 110 Å². The van der Waals surface area contributed by atoms with E-state index in [0.29, 0.717) is 5.56 Å². The summed E-state index contributed by atoms with van der Waals surface area (Å²) in [4.78, 5) is 22.5. The normalized spacial score (nSPS) is 11.7. The van der Waals surface area contributed by atoms with Crippen LogP contribution < -0.4 is 5.32 Å². The van der Waals surface area contributed by atoms with E-state index in [1.54, 1.807) is 12.1 Å². The molecule has 98 valence electrons. The maximum absolute atomic E-state index is 11.5. The number of rotatable bonds is 5. The highest BCUT2D eigenvalue weighted by Crippen LogP contribution is 2.11. The second-order valence-electron chi connectivity index (χ2n) is 3.64. The standard InChI is InChI=1S/C12H14ClNO4/c1-18-12(17)10(13)7-14-11(16)6-8-3-2-4-9(15)5-8/h2-5,10,15H,6-7H2,1H3,(H,14,16). The van der Waals surface area contributed by atoms with Crippen LogP contribution in [0.5, 0.6) is 5.75 Å². The van der Waals surface area contributed by atoms with Crippen LogP contribution in [0.15, 0.2) is 24.3 Å². The number of phenolic OH excluding ortho intramolecular Hbond substituents is 1. The van der Waals surface area contributed by atoms with Crippen molar-refractivity contribution in [3.8, 4) is 5.75 Å². The number of carbonyl (C=O) groups is 2. The van der Waals surface area contributed by atoms with Gasteiger partial charge in [-0.2, -0.15) is 0 Å². The van der Waals surface area contributed by atoms with Crippen molar-refractivity contribution in [2.75, 3.05) is 13.7 Å². The molecule has 1 aromatic rings. The summed E-state index contributed by atoms with van der Waals surface area (Å²) in [7, 11) is 1.23. The Kier molecular flexibility index (Phi) is 5.45. The Hall–Kier alpha value is -1.75. The zero-order valence-electron chi connectivity index (χ0n) is 9.85. The monoisotopic (exact) mass is 271 g/mol. The van der Waals surface area contributed by atoms with Gasteiger partial charge in [-0.3, -0.25) is 9.59 Å². The van der Waals surface area contributed by atoms with Crippen molar-refractivity contribution in [3.63, 3.8) is 0 Å². The molecule has 6 heteroatoms. The van der Waals surface area contributed by atoms with Gasteiger partial charge < -0.3 is 15.2 Å². The van der Waals surface area contributed by atoms with E-state index in [-0.39, 0.29) is 24.6 Å². The first kappa shape index (κ1) is 14.3. The molecule has 18 heavy (non-hydrogen) atoms. The quantitative estimate of drug-likeness (QED) is 0.614. The molecule has 0 saturated heterocycles. The number of nitrogens with one attached hydrogen (secondary N) is 1. The maximum atomic E-state index is 11.5. The molecule has 0 radical (unpaired) electrons. The number of phenols is 1. The SMILES string of the molecule is COC(=O)C(Cl)CNC(=O)Cc1cccc(O)c1. The lowest BCUT2D eigenvalue weighted by atomic mass is 10.1. The molecule has 0 aliphatic carbocycles. The highest BCUT2D eigenvalue weighted by atomic mass is 35.5. The molecule has 0 aliphatic rings. The van der Waals surface area contributed by atoms with E-state index in [2.05, 4.69) is 10.1 Å². The predicted molar refractivity (Wildman–Crippen MR) is 66.5 cm³/mol. The van der Waals surface area contributed by atoms with Crippen LogP contribution in [0.1, 0.15) is 5.56 Å². The molecule has 0 spiro atoms.